The van der Waals surface area contributed by atoms with Crippen LogP contribution < -0.4 is 9.47 Å². The number of benzene rings is 3. The van der Waals surface area contributed by atoms with Gasteiger partial charge < -0.3 is 18.8 Å². The molecule has 0 bridgehead atoms. The predicted octanol–water partition coefficient (Wildman–Crippen LogP) is 6.82. The number of methoxy groups -OCH3 is 2. The maximum absolute atomic E-state index is 14.1. The molecule has 1 aliphatic heterocycles. The van der Waals surface area contributed by atoms with Gasteiger partial charge in [-0.3, -0.25) is 4.79 Å². The molecule has 5 aromatic rings. The van der Waals surface area contributed by atoms with E-state index in [4.69, 9.17) is 14.2 Å². The van der Waals surface area contributed by atoms with Crippen molar-refractivity contribution in [3.63, 3.8) is 0 Å². The molecule has 0 amide bonds. The lowest BCUT2D eigenvalue weighted by Gasteiger charge is -2.22. The number of aryl methyl sites for hydroxylation is 2. The van der Waals surface area contributed by atoms with Gasteiger partial charge in [0, 0.05) is 40.6 Å². The zero-order chi connectivity index (χ0) is 24.6. The van der Waals surface area contributed by atoms with Crippen molar-refractivity contribution in [2.75, 3.05) is 21.0 Å². The average Bonchev–Trinajstić information content (AvgIpc) is 3.58. The van der Waals surface area contributed by atoms with E-state index in [1.165, 1.54) is 10.4 Å². The molecular weight excluding hydrogens is 470 g/mol. The summed E-state index contributed by atoms with van der Waals surface area (Å²) in [6, 6.07) is 24.0. The van der Waals surface area contributed by atoms with Crippen LogP contribution in [0, 0.1) is 0 Å². The van der Waals surface area contributed by atoms with E-state index in [0.29, 0.717) is 11.3 Å². The Labute approximate surface area is 213 Å². The largest absolute Gasteiger partial charge is 0.497 e. The molecule has 6 heteroatoms. The summed E-state index contributed by atoms with van der Waals surface area (Å²) in [5, 5.41) is 3.06. The molecule has 0 spiro atoms. The molecule has 0 N–H and O–H groups in total. The minimum absolute atomic E-state index is 0.000386. The van der Waals surface area contributed by atoms with Crippen molar-refractivity contribution < 1.29 is 19.0 Å². The second-order valence-corrected chi connectivity index (χ2v) is 9.71. The molecular formula is C30H25NO4S. The van der Waals surface area contributed by atoms with Gasteiger partial charge in [-0.05, 0) is 77.5 Å². The van der Waals surface area contributed by atoms with Gasteiger partial charge in [-0.2, -0.15) is 0 Å². The van der Waals surface area contributed by atoms with Crippen molar-refractivity contribution in [2.45, 2.75) is 13.0 Å². The number of aromatic nitrogens is 1. The summed E-state index contributed by atoms with van der Waals surface area (Å²) < 4.78 is 18.3. The number of ketones is 1. The summed E-state index contributed by atoms with van der Waals surface area (Å²) in [6.45, 7) is 0.967. The lowest BCUT2D eigenvalue weighted by molar-refractivity contribution is 0.0511. The summed E-state index contributed by atoms with van der Waals surface area (Å²) in [5.74, 6) is 1.49. The van der Waals surface area contributed by atoms with E-state index in [0.717, 1.165) is 52.0 Å². The highest BCUT2D eigenvalue weighted by atomic mass is 32.1. The van der Waals surface area contributed by atoms with Crippen LogP contribution in [0.1, 0.15) is 21.5 Å². The smallest absolute Gasteiger partial charge is 0.195 e. The number of carbonyl (C=O) groups excluding carboxylic acids is 1. The molecule has 0 aliphatic carbocycles. The SMILES string of the molecule is COCOc1ccc(C(=O)c2c3n(c4cc(-c5cccs5)ccc24)CCc2cc(OC)ccc2-3)cc1. The number of carbonyl (C=O) groups is 1. The Morgan fingerprint density at radius 1 is 0.972 bits per heavy atom. The first kappa shape index (κ1) is 22.6. The number of nitrogens with zero attached hydrogens (tertiary/aromatic N) is 1. The maximum atomic E-state index is 14.1. The fourth-order valence-corrected chi connectivity index (χ4v) is 5.75. The van der Waals surface area contributed by atoms with Crippen molar-refractivity contribution in [1.29, 1.82) is 0 Å². The van der Waals surface area contributed by atoms with Crippen LogP contribution in [-0.4, -0.2) is 31.4 Å². The first-order valence-electron chi connectivity index (χ1n) is 11.8. The van der Waals surface area contributed by atoms with Gasteiger partial charge in [0.15, 0.2) is 12.6 Å². The Bertz CT molecular complexity index is 1570. The fraction of sp³-hybridized carbons (Fsp3) is 0.167. The molecule has 3 aromatic carbocycles. The molecule has 36 heavy (non-hydrogen) atoms. The van der Waals surface area contributed by atoms with Gasteiger partial charge in [0.25, 0.3) is 0 Å². The highest BCUT2D eigenvalue weighted by molar-refractivity contribution is 7.13. The van der Waals surface area contributed by atoms with Crippen LogP contribution in [0.25, 0.3) is 32.6 Å². The quantitative estimate of drug-likeness (QED) is 0.184. The van der Waals surface area contributed by atoms with E-state index < -0.39 is 0 Å². The molecule has 1 aliphatic rings. The lowest BCUT2D eigenvalue weighted by Crippen LogP contribution is -2.13. The Balaban J connectivity index is 1.54. The molecule has 0 saturated heterocycles. The molecule has 0 radical (unpaired) electrons. The van der Waals surface area contributed by atoms with Crippen LogP contribution in [-0.2, 0) is 17.7 Å². The van der Waals surface area contributed by atoms with Crippen LogP contribution in [0.4, 0.5) is 0 Å². The maximum Gasteiger partial charge on any atom is 0.195 e. The van der Waals surface area contributed by atoms with Gasteiger partial charge >= 0.3 is 0 Å². The van der Waals surface area contributed by atoms with Crippen LogP contribution >= 0.6 is 11.3 Å². The van der Waals surface area contributed by atoms with Gasteiger partial charge in [-0.25, -0.2) is 0 Å². The number of hydrogen-bond donors (Lipinski definition) is 0. The predicted molar refractivity (Wildman–Crippen MR) is 143 cm³/mol. The second-order valence-electron chi connectivity index (χ2n) is 8.76. The van der Waals surface area contributed by atoms with Gasteiger partial charge in [0.1, 0.15) is 11.5 Å². The molecule has 0 fully saturated rings. The summed E-state index contributed by atoms with van der Waals surface area (Å²) in [6.07, 6.45) is 0.881. The molecule has 6 rings (SSSR count). The van der Waals surface area contributed by atoms with Crippen LogP contribution in [0.5, 0.6) is 11.5 Å². The normalized spacial score (nSPS) is 12.3. The minimum atomic E-state index is -0.000386. The highest BCUT2D eigenvalue weighted by Gasteiger charge is 2.29. The topological polar surface area (TPSA) is 49.7 Å². The van der Waals surface area contributed by atoms with Crippen molar-refractivity contribution in [3.05, 3.63) is 94.9 Å². The van der Waals surface area contributed by atoms with Crippen molar-refractivity contribution >= 4 is 28.0 Å². The van der Waals surface area contributed by atoms with Crippen LogP contribution in [0.3, 0.4) is 0 Å². The van der Waals surface area contributed by atoms with Crippen molar-refractivity contribution in [1.82, 2.24) is 4.57 Å². The van der Waals surface area contributed by atoms with E-state index in [1.54, 1.807) is 25.6 Å². The molecule has 3 heterocycles. The van der Waals surface area contributed by atoms with E-state index in [2.05, 4.69) is 52.4 Å². The Morgan fingerprint density at radius 3 is 2.56 bits per heavy atom. The summed E-state index contributed by atoms with van der Waals surface area (Å²) in [7, 11) is 3.26. The van der Waals surface area contributed by atoms with Crippen LogP contribution in [0.15, 0.2) is 78.2 Å². The first-order chi connectivity index (χ1) is 17.7. The third-order valence-electron chi connectivity index (χ3n) is 6.73. The first-order valence-corrected chi connectivity index (χ1v) is 12.7. The van der Waals surface area contributed by atoms with Crippen molar-refractivity contribution in [3.8, 4) is 33.2 Å². The zero-order valence-electron chi connectivity index (χ0n) is 20.1. The van der Waals surface area contributed by atoms with E-state index in [-0.39, 0.29) is 12.6 Å². The van der Waals surface area contributed by atoms with Crippen molar-refractivity contribution in [2.24, 2.45) is 0 Å². The fourth-order valence-electron chi connectivity index (χ4n) is 5.03. The van der Waals surface area contributed by atoms with Gasteiger partial charge in [-0.15, -0.1) is 11.3 Å². The Hall–Kier alpha value is -3.87. The molecule has 2 aromatic heterocycles. The average molecular weight is 496 g/mol. The second kappa shape index (κ2) is 9.30. The standard InChI is InChI=1S/C30H25NO4S/c1-33-18-35-22-8-5-19(6-9-22)30(32)28-25-11-7-21(27-4-3-15-36-27)17-26(25)31-14-13-20-16-23(34-2)10-12-24(20)29(28)31/h3-12,15-17H,13-14,18H2,1-2H3. The third-order valence-corrected chi connectivity index (χ3v) is 7.65. The molecule has 180 valence electrons. The third kappa shape index (κ3) is 3.79. The number of rotatable bonds is 7. The number of ether oxygens (including phenoxy) is 3. The monoisotopic (exact) mass is 495 g/mol. The van der Waals surface area contributed by atoms with E-state index >= 15 is 0 Å². The van der Waals surface area contributed by atoms with Gasteiger partial charge in [0.05, 0.1) is 18.4 Å². The van der Waals surface area contributed by atoms with Gasteiger partial charge in [-0.1, -0.05) is 18.2 Å². The van der Waals surface area contributed by atoms with E-state index in [9.17, 15) is 4.79 Å². The number of thiophene rings is 1. The van der Waals surface area contributed by atoms with E-state index in [1.807, 2.05) is 30.3 Å². The van der Waals surface area contributed by atoms with Gasteiger partial charge in [0.2, 0.25) is 0 Å². The Morgan fingerprint density at radius 2 is 1.81 bits per heavy atom. The Kier molecular flexibility index (Phi) is 5.83. The number of fused-ring (bicyclic) bond motifs is 5. The summed E-state index contributed by atoms with van der Waals surface area (Å²) >= 11 is 1.72. The molecule has 0 unspecified atom stereocenters. The number of hydrogen-bond acceptors (Lipinski definition) is 5. The summed E-state index contributed by atoms with van der Waals surface area (Å²) in [5.41, 5.74) is 6.86. The minimum Gasteiger partial charge on any atom is -0.497 e. The lowest BCUT2D eigenvalue weighted by atomic mass is 9.92. The zero-order valence-corrected chi connectivity index (χ0v) is 20.9. The molecule has 0 atom stereocenters. The van der Waals surface area contributed by atoms with Crippen LogP contribution in [0.2, 0.25) is 0 Å². The molecule has 5 nitrogen and oxygen atoms in total. The summed E-state index contributed by atoms with van der Waals surface area (Å²) in [4.78, 5) is 15.3. The highest BCUT2D eigenvalue weighted by Crippen LogP contribution is 2.42. The molecule has 0 saturated carbocycles.